The quantitative estimate of drug-likeness (QED) is 0.474. The Morgan fingerprint density at radius 1 is 1.30 bits per heavy atom. The highest BCUT2D eigenvalue weighted by molar-refractivity contribution is 7.13. The van der Waals surface area contributed by atoms with E-state index in [0.29, 0.717) is 24.5 Å². The van der Waals surface area contributed by atoms with Gasteiger partial charge in [0.1, 0.15) is 0 Å². The molecule has 6 heterocycles. The Morgan fingerprint density at radius 2 is 2.27 bits per heavy atom. The number of anilines is 2. The number of morpholine rings is 1. The molecular weight excluding hydrogens is 438 g/mol. The van der Waals surface area contributed by atoms with Crippen molar-refractivity contribution < 1.29 is 9.53 Å². The Balaban J connectivity index is 1.15. The second-order valence-electron chi connectivity index (χ2n) is 8.71. The number of amides is 1. The lowest BCUT2D eigenvalue weighted by Crippen LogP contribution is -2.36. The number of rotatable bonds is 5. The highest BCUT2D eigenvalue weighted by atomic mass is 32.1. The van der Waals surface area contributed by atoms with E-state index in [9.17, 15) is 4.79 Å². The van der Waals surface area contributed by atoms with E-state index in [2.05, 4.69) is 30.9 Å². The number of fused-ring (bicyclic) bond motifs is 4. The topological polar surface area (TPSA) is 96.7 Å². The van der Waals surface area contributed by atoms with Gasteiger partial charge in [-0.15, -0.1) is 11.3 Å². The lowest BCUT2D eigenvalue weighted by Gasteiger charge is -2.25. The van der Waals surface area contributed by atoms with Crippen molar-refractivity contribution in [3.05, 3.63) is 59.0 Å². The van der Waals surface area contributed by atoms with Crippen LogP contribution < -0.4 is 10.6 Å². The van der Waals surface area contributed by atoms with Crippen LogP contribution >= 0.6 is 11.3 Å². The fourth-order valence-corrected chi connectivity index (χ4v) is 5.73. The second kappa shape index (κ2) is 7.34. The van der Waals surface area contributed by atoms with E-state index in [1.54, 1.807) is 17.5 Å². The predicted molar refractivity (Wildman–Crippen MR) is 124 cm³/mol. The zero-order chi connectivity index (χ0) is 21.9. The van der Waals surface area contributed by atoms with Crippen LogP contribution in [0.5, 0.6) is 0 Å². The van der Waals surface area contributed by atoms with Gasteiger partial charge in [0.2, 0.25) is 0 Å². The van der Waals surface area contributed by atoms with E-state index in [1.165, 1.54) is 0 Å². The average Bonchev–Trinajstić information content (AvgIpc) is 3.64. The number of likely N-dealkylation sites (tertiary alicyclic amines) is 1. The molecule has 2 fully saturated rings. The minimum Gasteiger partial charge on any atom is -0.375 e. The highest BCUT2D eigenvalue weighted by Gasteiger charge is 2.38. The average molecular weight is 460 g/mol. The summed E-state index contributed by atoms with van der Waals surface area (Å²) in [5, 5.41) is 9.13. The summed E-state index contributed by atoms with van der Waals surface area (Å²) in [5.74, 6) is 0.645. The first-order valence-electron chi connectivity index (χ1n) is 11.0. The third-order valence-corrected chi connectivity index (χ3v) is 7.48. The largest absolute Gasteiger partial charge is 0.375 e. The summed E-state index contributed by atoms with van der Waals surface area (Å²) in [6.07, 6.45) is 7.05. The molecule has 3 aliphatic rings. The summed E-state index contributed by atoms with van der Waals surface area (Å²) in [6.45, 7) is 3.24. The predicted octanol–water partition coefficient (Wildman–Crippen LogP) is 2.81. The van der Waals surface area contributed by atoms with Gasteiger partial charge >= 0.3 is 0 Å². The number of hydrogen-bond acceptors (Lipinski definition) is 8. The summed E-state index contributed by atoms with van der Waals surface area (Å²) >= 11 is 1.58. The molecule has 9 nitrogen and oxygen atoms in total. The number of nitrogens with one attached hydrogen (secondary N) is 2. The van der Waals surface area contributed by atoms with Gasteiger partial charge < -0.3 is 15.4 Å². The van der Waals surface area contributed by atoms with Crippen molar-refractivity contribution in [2.45, 2.75) is 31.7 Å². The van der Waals surface area contributed by atoms with Crippen LogP contribution in [0.1, 0.15) is 28.0 Å². The van der Waals surface area contributed by atoms with E-state index in [1.807, 2.05) is 35.0 Å². The molecule has 166 valence electrons. The van der Waals surface area contributed by atoms with Gasteiger partial charge in [0, 0.05) is 54.6 Å². The number of thiazole rings is 1. The molecule has 3 aliphatic heterocycles. The zero-order valence-corrected chi connectivity index (χ0v) is 18.5. The summed E-state index contributed by atoms with van der Waals surface area (Å²) in [7, 11) is 0. The Morgan fingerprint density at radius 3 is 3.15 bits per heavy atom. The Hall–Kier alpha value is -3.34. The van der Waals surface area contributed by atoms with Crippen molar-refractivity contribution in [1.82, 2.24) is 29.6 Å². The SMILES string of the molecule is O=C1NCc2cc(-c3cnc(Nc4nc(CN5CC6CC5CO6)cs4)c4nccn34)ccc21. The van der Waals surface area contributed by atoms with Crippen LogP contribution in [0.4, 0.5) is 10.9 Å². The van der Waals surface area contributed by atoms with Crippen LogP contribution in [-0.4, -0.2) is 55.5 Å². The first kappa shape index (κ1) is 19.2. The third-order valence-electron chi connectivity index (χ3n) is 6.67. The molecule has 3 aromatic heterocycles. The molecule has 2 N–H and O–H groups in total. The molecule has 0 spiro atoms. The van der Waals surface area contributed by atoms with Gasteiger partial charge in [0.25, 0.3) is 5.91 Å². The molecule has 7 rings (SSSR count). The van der Waals surface area contributed by atoms with Crippen LogP contribution in [0.2, 0.25) is 0 Å². The van der Waals surface area contributed by atoms with Gasteiger partial charge in [0.05, 0.1) is 30.3 Å². The van der Waals surface area contributed by atoms with Gasteiger partial charge in [0.15, 0.2) is 16.6 Å². The second-order valence-corrected chi connectivity index (χ2v) is 9.57. The van der Waals surface area contributed by atoms with Crippen LogP contribution in [0.15, 0.2) is 42.2 Å². The molecule has 1 amide bonds. The van der Waals surface area contributed by atoms with Crippen molar-refractivity contribution in [2.24, 2.45) is 0 Å². The number of carbonyl (C=O) groups excluding carboxylic acids is 1. The van der Waals surface area contributed by atoms with Gasteiger partial charge in [-0.3, -0.25) is 14.1 Å². The third kappa shape index (κ3) is 3.21. The van der Waals surface area contributed by atoms with E-state index in [4.69, 9.17) is 9.72 Å². The van der Waals surface area contributed by atoms with Crippen LogP contribution in [0, 0.1) is 0 Å². The molecule has 2 unspecified atom stereocenters. The van der Waals surface area contributed by atoms with Crippen molar-refractivity contribution in [3.8, 4) is 11.3 Å². The molecule has 0 radical (unpaired) electrons. The molecule has 0 saturated carbocycles. The standard InChI is InChI=1S/C23H21N7O2S/c31-22-18-2-1-13(5-14(18)7-26-22)19-8-25-20(21-24-3-4-30(19)21)28-23-27-15(12-33-23)9-29-10-17-6-16(29)11-32-17/h1-5,8,12,16-17H,6-7,9-11H2,(H,26,31)(H,25,27,28). The normalized spacial score (nSPS) is 21.6. The van der Waals surface area contributed by atoms with Crippen molar-refractivity contribution >= 4 is 33.8 Å². The summed E-state index contributed by atoms with van der Waals surface area (Å²) in [5.41, 5.74) is 5.44. The number of carbonyl (C=O) groups is 1. The van der Waals surface area contributed by atoms with E-state index >= 15 is 0 Å². The Bertz CT molecular complexity index is 1400. The summed E-state index contributed by atoms with van der Waals surface area (Å²) < 4.78 is 7.71. The van der Waals surface area contributed by atoms with Gasteiger partial charge in [-0.1, -0.05) is 6.07 Å². The number of aromatic nitrogens is 4. The molecule has 2 bridgehead atoms. The lowest BCUT2D eigenvalue weighted by molar-refractivity contribution is 0.0269. The first-order valence-corrected chi connectivity index (χ1v) is 11.9. The molecule has 1 aromatic carbocycles. The summed E-state index contributed by atoms with van der Waals surface area (Å²) in [4.78, 5) is 28.3. The zero-order valence-electron chi connectivity index (χ0n) is 17.7. The fraction of sp³-hybridized carbons (Fsp3) is 0.304. The minimum absolute atomic E-state index is 0.0182. The number of imidazole rings is 1. The first-order chi connectivity index (χ1) is 16.2. The van der Waals surface area contributed by atoms with Gasteiger partial charge in [-0.05, 0) is 24.1 Å². The summed E-state index contributed by atoms with van der Waals surface area (Å²) in [6, 6.07) is 6.40. The van der Waals surface area contributed by atoms with E-state index in [0.717, 1.165) is 65.0 Å². The van der Waals surface area contributed by atoms with Crippen molar-refractivity contribution in [3.63, 3.8) is 0 Å². The van der Waals surface area contributed by atoms with E-state index < -0.39 is 0 Å². The maximum atomic E-state index is 11.9. The molecule has 0 aliphatic carbocycles. The molecule has 2 saturated heterocycles. The maximum Gasteiger partial charge on any atom is 0.251 e. The molecule has 2 atom stereocenters. The van der Waals surface area contributed by atoms with Gasteiger partial charge in [-0.25, -0.2) is 15.0 Å². The smallest absolute Gasteiger partial charge is 0.251 e. The Labute approximate surface area is 193 Å². The minimum atomic E-state index is -0.0182. The van der Waals surface area contributed by atoms with Crippen LogP contribution in [-0.2, 0) is 17.8 Å². The highest BCUT2D eigenvalue weighted by Crippen LogP contribution is 2.31. The number of ether oxygens (including phenoxy) is 1. The van der Waals surface area contributed by atoms with Crippen molar-refractivity contribution in [2.75, 3.05) is 18.5 Å². The lowest BCUT2D eigenvalue weighted by atomic mass is 10.0. The van der Waals surface area contributed by atoms with Crippen molar-refractivity contribution in [1.29, 1.82) is 0 Å². The number of hydrogen-bond donors (Lipinski definition) is 2. The number of nitrogens with zero attached hydrogens (tertiary/aromatic N) is 5. The fourth-order valence-electron chi connectivity index (χ4n) is 5.03. The molecule has 10 heteroatoms. The van der Waals surface area contributed by atoms with Gasteiger partial charge in [-0.2, -0.15) is 0 Å². The molecular formula is C23H21N7O2S. The van der Waals surface area contributed by atoms with Crippen LogP contribution in [0.3, 0.4) is 0 Å². The molecule has 4 aromatic rings. The maximum absolute atomic E-state index is 11.9. The molecule has 33 heavy (non-hydrogen) atoms. The Kier molecular flexibility index (Phi) is 4.26. The van der Waals surface area contributed by atoms with E-state index in [-0.39, 0.29) is 5.91 Å². The number of benzene rings is 1. The van der Waals surface area contributed by atoms with Crippen LogP contribution in [0.25, 0.3) is 16.9 Å². The monoisotopic (exact) mass is 459 g/mol.